The largest absolute Gasteiger partial charge is 0.494 e. The molecule has 3 rings (SSSR count). The van der Waals surface area contributed by atoms with Crippen LogP contribution in [0.4, 0.5) is 23.0 Å². The van der Waals surface area contributed by atoms with Gasteiger partial charge in [0.1, 0.15) is 11.5 Å². The lowest BCUT2D eigenvalue weighted by molar-refractivity contribution is 0.305. The highest BCUT2D eigenvalue weighted by Crippen LogP contribution is 2.25. The molecule has 0 saturated heterocycles. The van der Waals surface area contributed by atoms with Crippen LogP contribution in [0.5, 0.6) is 11.5 Å². The van der Waals surface area contributed by atoms with Crippen LogP contribution in [0.25, 0.3) is 0 Å². The predicted octanol–water partition coefficient (Wildman–Crippen LogP) is 9.76. The van der Waals surface area contributed by atoms with Crippen LogP contribution < -0.4 is 9.47 Å². The van der Waals surface area contributed by atoms with Crippen LogP contribution in [0.1, 0.15) is 65.2 Å². The van der Waals surface area contributed by atoms with Gasteiger partial charge in [0.2, 0.25) is 0 Å². The summed E-state index contributed by atoms with van der Waals surface area (Å²) in [5.74, 6) is 2.94. The minimum absolute atomic E-state index is 0.613. The number of rotatable bonds is 16. The minimum Gasteiger partial charge on any atom is -0.494 e. The van der Waals surface area contributed by atoms with Crippen molar-refractivity contribution in [2.45, 2.75) is 65.2 Å². The van der Waals surface area contributed by atoms with E-state index in [1.54, 1.807) is 0 Å². The highest BCUT2D eigenvalue weighted by atomic mass is 16.5. The Bertz CT molecular complexity index is 944. The summed E-state index contributed by atoms with van der Waals surface area (Å²) in [6.07, 6.45) is 9.56. The maximum atomic E-state index is 5.77. The van der Waals surface area contributed by atoms with E-state index in [1.165, 1.54) is 38.5 Å². The van der Waals surface area contributed by atoms with Gasteiger partial charge in [0.25, 0.3) is 0 Å². The van der Waals surface area contributed by atoms with Crippen molar-refractivity contribution in [3.63, 3.8) is 0 Å². The molecule has 0 aliphatic heterocycles. The van der Waals surface area contributed by atoms with Crippen molar-refractivity contribution in [2.75, 3.05) is 13.2 Å². The molecule has 3 aromatic rings. The van der Waals surface area contributed by atoms with Crippen LogP contribution in [0.3, 0.4) is 0 Å². The maximum Gasteiger partial charge on any atom is 0.154 e. The molecular formula is C28H37N5O2. The number of hydrogen-bond acceptors (Lipinski definition) is 6. The third-order valence-corrected chi connectivity index (χ3v) is 5.41. The Balaban J connectivity index is 1.43. The van der Waals surface area contributed by atoms with Crippen molar-refractivity contribution in [3.05, 3.63) is 60.7 Å². The van der Waals surface area contributed by atoms with E-state index in [0.29, 0.717) is 11.6 Å². The summed E-state index contributed by atoms with van der Waals surface area (Å²) in [6, 6.07) is 18.9. The molecule has 0 aliphatic carbocycles. The second kappa shape index (κ2) is 15.4. The third-order valence-electron chi connectivity index (χ3n) is 5.41. The molecule has 0 unspecified atom stereocenters. The van der Waals surface area contributed by atoms with Crippen molar-refractivity contribution in [1.29, 1.82) is 0 Å². The zero-order valence-electron chi connectivity index (χ0n) is 20.9. The summed E-state index contributed by atoms with van der Waals surface area (Å²) in [5, 5.41) is 17.0. The number of azo groups is 2. The molecule has 1 aromatic heterocycles. The van der Waals surface area contributed by atoms with Gasteiger partial charge in [0.15, 0.2) is 11.6 Å². The Morgan fingerprint density at radius 1 is 0.514 bits per heavy atom. The molecule has 0 spiro atoms. The Morgan fingerprint density at radius 3 is 1.34 bits per heavy atom. The number of nitrogens with zero attached hydrogens (tertiary/aromatic N) is 4. The van der Waals surface area contributed by atoms with E-state index in [9.17, 15) is 0 Å². The minimum atomic E-state index is 0.613. The number of nitrogens with one attached hydrogen (secondary N) is 1. The lowest BCUT2D eigenvalue weighted by Crippen LogP contribution is -1.96. The number of H-pyrrole nitrogens is 1. The van der Waals surface area contributed by atoms with Gasteiger partial charge in [-0.1, -0.05) is 52.4 Å². The van der Waals surface area contributed by atoms with Crippen LogP contribution in [-0.2, 0) is 0 Å². The van der Waals surface area contributed by atoms with Gasteiger partial charge in [-0.2, -0.15) is 0 Å². The molecule has 0 radical (unpaired) electrons. The van der Waals surface area contributed by atoms with E-state index in [4.69, 9.17) is 9.47 Å². The highest BCUT2D eigenvalue weighted by molar-refractivity contribution is 5.45. The predicted molar refractivity (Wildman–Crippen MR) is 141 cm³/mol. The standard InChI is InChI=1S/C28H37N5O2/c1-3-5-7-9-21-34-25-15-11-23(12-16-25)30-32-27-19-20-28(29-27)33-31-24-13-17-26(18-14-24)35-22-10-8-6-4-2/h11-20,29H,3-10,21-22H2,1-2H3. The first kappa shape index (κ1) is 26.1. The highest BCUT2D eigenvalue weighted by Gasteiger charge is 1.99. The number of aromatic nitrogens is 1. The molecule has 186 valence electrons. The van der Waals surface area contributed by atoms with Gasteiger partial charge in [-0.3, -0.25) is 0 Å². The summed E-state index contributed by atoms with van der Waals surface area (Å²) in [4.78, 5) is 3.10. The molecule has 7 nitrogen and oxygen atoms in total. The Morgan fingerprint density at radius 2 is 0.943 bits per heavy atom. The lowest BCUT2D eigenvalue weighted by atomic mass is 10.2. The van der Waals surface area contributed by atoms with Crippen molar-refractivity contribution < 1.29 is 9.47 Å². The van der Waals surface area contributed by atoms with Crippen LogP contribution in [0.2, 0.25) is 0 Å². The quantitative estimate of drug-likeness (QED) is 0.165. The monoisotopic (exact) mass is 475 g/mol. The molecule has 35 heavy (non-hydrogen) atoms. The lowest BCUT2D eigenvalue weighted by Gasteiger charge is -2.05. The first-order valence-electron chi connectivity index (χ1n) is 12.7. The zero-order chi connectivity index (χ0) is 24.6. The Labute approximate surface area is 208 Å². The molecule has 2 aromatic carbocycles. The maximum absolute atomic E-state index is 5.77. The first-order chi connectivity index (χ1) is 17.3. The molecule has 0 atom stereocenters. The fraction of sp³-hybridized carbons (Fsp3) is 0.429. The molecular weight excluding hydrogens is 438 g/mol. The van der Waals surface area contributed by atoms with Gasteiger partial charge < -0.3 is 14.5 Å². The normalized spacial score (nSPS) is 11.5. The van der Waals surface area contributed by atoms with Gasteiger partial charge >= 0.3 is 0 Å². The second-order valence-electron chi connectivity index (χ2n) is 8.43. The van der Waals surface area contributed by atoms with Gasteiger partial charge in [0.05, 0.1) is 24.6 Å². The SMILES string of the molecule is CCCCCCOc1ccc(N=Nc2ccc(N=Nc3ccc(OCCCCCC)cc3)[nH]2)cc1. The van der Waals surface area contributed by atoms with E-state index < -0.39 is 0 Å². The third kappa shape index (κ3) is 10.1. The van der Waals surface area contributed by atoms with Gasteiger partial charge in [-0.05, 0) is 73.5 Å². The summed E-state index contributed by atoms with van der Waals surface area (Å²) in [6.45, 7) is 5.91. The molecule has 0 fully saturated rings. The molecule has 1 N–H and O–H groups in total. The molecule has 0 amide bonds. The van der Waals surface area contributed by atoms with Gasteiger partial charge in [0, 0.05) is 0 Å². The molecule has 0 saturated carbocycles. The van der Waals surface area contributed by atoms with Crippen LogP contribution in [0.15, 0.2) is 81.1 Å². The van der Waals surface area contributed by atoms with Gasteiger partial charge in [-0.15, -0.1) is 20.5 Å². The number of unbranched alkanes of at least 4 members (excludes halogenated alkanes) is 6. The molecule has 1 heterocycles. The summed E-state index contributed by atoms with van der Waals surface area (Å²) in [7, 11) is 0. The Kier molecular flexibility index (Phi) is 11.5. The van der Waals surface area contributed by atoms with Crippen LogP contribution in [-0.4, -0.2) is 18.2 Å². The van der Waals surface area contributed by atoms with E-state index in [2.05, 4.69) is 39.3 Å². The molecule has 7 heteroatoms. The van der Waals surface area contributed by atoms with Crippen LogP contribution in [0, 0.1) is 0 Å². The van der Waals surface area contributed by atoms with Crippen LogP contribution >= 0.6 is 0 Å². The number of ether oxygens (including phenoxy) is 2. The van der Waals surface area contributed by atoms with Gasteiger partial charge in [-0.25, -0.2) is 0 Å². The first-order valence-corrected chi connectivity index (χ1v) is 12.7. The fourth-order valence-corrected chi connectivity index (χ4v) is 3.37. The number of aromatic amines is 1. The van der Waals surface area contributed by atoms with E-state index >= 15 is 0 Å². The smallest absolute Gasteiger partial charge is 0.154 e. The van der Waals surface area contributed by atoms with Crippen molar-refractivity contribution >= 4 is 23.0 Å². The van der Waals surface area contributed by atoms with Crippen molar-refractivity contribution in [3.8, 4) is 11.5 Å². The summed E-state index contributed by atoms with van der Waals surface area (Å²) >= 11 is 0. The average molecular weight is 476 g/mol. The summed E-state index contributed by atoms with van der Waals surface area (Å²) < 4.78 is 11.5. The van der Waals surface area contributed by atoms with Crippen molar-refractivity contribution in [2.24, 2.45) is 20.5 Å². The number of benzene rings is 2. The molecule has 0 bridgehead atoms. The Hall–Kier alpha value is -3.48. The average Bonchev–Trinajstić information content (AvgIpc) is 3.35. The molecule has 0 aliphatic rings. The van der Waals surface area contributed by atoms with Crippen molar-refractivity contribution in [1.82, 2.24) is 4.98 Å². The van der Waals surface area contributed by atoms with E-state index in [0.717, 1.165) is 48.9 Å². The van der Waals surface area contributed by atoms with E-state index in [1.807, 2.05) is 60.7 Å². The fourth-order valence-electron chi connectivity index (χ4n) is 3.37. The van der Waals surface area contributed by atoms with E-state index in [-0.39, 0.29) is 0 Å². The zero-order valence-corrected chi connectivity index (χ0v) is 20.9. The second-order valence-corrected chi connectivity index (χ2v) is 8.43. The summed E-state index contributed by atoms with van der Waals surface area (Å²) in [5.41, 5.74) is 1.52. The topological polar surface area (TPSA) is 83.7 Å². The number of hydrogen-bond donors (Lipinski definition) is 1.